The number of nitrogens with one attached hydrogen (secondary N) is 1. The molecular weight excluding hydrogens is 196 g/mol. The second kappa shape index (κ2) is 5.28. The Morgan fingerprint density at radius 2 is 1.93 bits per heavy atom. The Labute approximate surface area is 88.3 Å². The van der Waals surface area contributed by atoms with Gasteiger partial charge in [-0.05, 0) is 6.07 Å². The van der Waals surface area contributed by atoms with Crippen molar-refractivity contribution in [1.82, 2.24) is 5.32 Å². The number of nitrogen functional groups attached to an aromatic ring is 3. The fourth-order valence-corrected chi connectivity index (χ4v) is 1.06. The number of rotatable bonds is 5. The van der Waals surface area contributed by atoms with E-state index in [1.54, 1.807) is 19.2 Å². The van der Waals surface area contributed by atoms with Crippen LogP contribution in [-0.4, -0.2) is 20.6 Å². The van der Waals surface area contributed by atoms with Gasteiger partial charge in [0.25, 0.3) is 0 Å². The van der Waals surface area contributed by atoms with Crippen LogP contribution in [0.4, 0.5) is 17.1 Å². The minimum absolute atomic E-state index is 0.279. The van der Waals surface area contributed by atoms with Gasteiger partial charge in [0.1, 0.15) is 12.5 Å². The third kappa shape index (κ3) is 3.19. The lowest BCUT2D eigenvalue weighted by molar-refractivity contribution is 0.145. The number of ether oxygens (including phenoxy) is 2. The average Bonchev–Trinajstić information content (AvgIpc) is 2.19. The van der Waals surface area contributed by atoms with Crippen LogP contribution in [0.1, 0.15) is 0 Å². The van der Waals surface area contributed by atoms with Crippen LogP contribution in [0.25, 0.3) is 0 Å². The summed E-state index contributed by atoms with van der Waals surface area (Å²) in [6, 6.07) is 3.21. The van der Waals surface area contributed by atoms with Gasteiger partial charge in [-0.25, -0.2) is 0 Å². The first kappa shape index (κ1) is 11.4. The highest BCUT2D eigenvalue weighted by molar-refractivity contribution is 5.75. The van der Waals surface area contributed by atoms with E-state index in [1.165, 1.54) is 0 Å². The summed E-state index contributed by atoms with van der Waals surface area (Å²) >= 11 is 0. The highest BCUT2D eigenvalue weighted by atomic mass is 16.5. The molecule has 0 saturated heterocycles. The molecule has 0 aliphatic rings. The van der Waals surface area contributed by atoms with Gasteiger partial charge < -0.3 is 26.7 Å². The van der Waals surface area contributed by atoms with Crippen molar-refractivity contribution >= 4 is 17.1 Å². The van der Waals surface area contributed by atoms with Gasteiger partial charge in [-0.1, -0.05) is 0 Å². The molecular formula is C9H16N4O2. The van der Waals surface area contributed by atoms with Crippen LogP contribution in [0.5, 0.6) is 5.75 Å². The third-order valence-corrected chi connectivity index (χ3v) is 1.77. The smallest absolute Gasteiger partial charge is 0.148 e. The standard InChI is InChI=1S/C9H16N4O2/c1-14-4-13-5-15-8-3-6(10)2-7(11)9(8)12/h2-3,13H,4-5,10-12H2,1H3. The van der Waals surface area contributed by atoms with Crippen LogP contribution in [0.3, 0.4) is 0 Å². The fraction of sp³-hybridized carbons (Fsp3) is 0.333. The largest absolute Gasteiger partial charge is 0.476 e. The van der Waals surface area contributed by atoms with E-state index in [9.17, 15) is 0 Å². The van der Waals surface area contributed by atoms with E-state index in [-0.39, 0.29) is 6.73 Å². The Morgan fingerprint density at radius 1 is 1.20 bits per heavy atom. The van der Waals surface area contributed by atoms with Gasteiger partial charge in [0.15, 0.2) is 0 Å². The summed E-state index contributed by atoms with van der Waals surface area (Å²) in [5.74, 6) is 0.469. The Morgan fingerprint density at radius 3 is 2.60 bits per heavy atom. The van der Waals surface area contributed by atoms with Gasteiger partial charge >= 0.3 is 0 Å². The Bertz CT molecular complexity index is 330. The third-order valence-electron chi connectivity index (χ3n) is 1.77. The molecule has 7 N–H and O–H groups in total. The minimum atomic E-state index is 0.279. The van der Waals surface area contributed by atoms with Crippen molar-refractivity contribution in [3.8, 4) is 5.75 Å². The molecule has 1 aromatic rings. The molecule has 0 atom stereocenters. The van der Waals surface area contributed by atoms with Gasteiger partial charge in [-0.2, -0.15) is 0 Å². The van der Waals surface area contributed by atoms with E-state index < -0.39 is 0 Å². The zero-order valence-electron chi connectivity index (χ0n) is 8.62. The van der Waals surface area contributed by atoms with Crippen LogP contribution in [0, 0.1) is 0 Å². The molecule has 0 radical (unpaired) electrons. The van der Waals surface area contributed by atoms with Crippen LogP contribution in [-0.2, 0) is 4.74 Å². The molecule has 0 bridgehead atoms. The zero-order valence-corrected chi connectivity index (χ0v) is 8.62. The summed E-state index contributed by atoms with van der Waals surface area (Å²) in [5.41, 5.74) is 18.2. The predicted octanol–water partition coefficient (Wildman–Crippen LogP) is -0.0370. The summed E-state index contributed by atoms with van der Waals surface area (Å²) in [6.07, 6.45) is 0. The number of benzene rings is 1. The molecule has 0 saturated carbocycles. The molecule has 0 unspecified atom stereocenters. The average molecular weight is 212 g/mol. The number of hydrogen-bond donors (Lipinski definition) is 4. The van der Waals surface area contributed by atoms with Gasteiger partial charge in [0, 0.05) is 18.9 Å². The summed E-state index contributed by atoms with van der Waals surface area (Å²) in [4.78, 5) is 0. The molecule has 1 aromatic carbocycles. The highest BCUT2D eigenvalue weighted by Gasteiger charge is 2.05. The summed E-state index contributed by atoms with van der Waals surface area (Å²) in [6.45, 7) is 0.679. The Balaban J connectivity index is 2.60. The first-order valence-electron chi connectivity index (χ1n) is 4.42. The molecule has 1 rings (SSSR count). The maximum atomic E-state index is 5.70. The van der Waals surface area contributed by atoms with Crippen molar-refractivity contribution in [3.05, 3.63) is 12.1 Å². The van der Waals surface area contributed by atoms with E-state index in [4.69, 9.17) is 26.7 Å². The molecule has 0 spiro atoms. The molecule has 0 fully saturated rings. The summed E-state index contributed by atoms with van der Waals surface area (Å²) in [7, 11) is 1.58. The van der Waals surface area contributed by atoms with E-state index >= 15 is 0 Å². The van der Waals surface area contributed by atoms with Gasteiger partial charge in [-0.15, -0.1) is 0 Å². The first-order chi connectivity index (χ1) is 7.15. The number of methoxy groups -OCH3 is 1. The van der Waals surface area contributed by atoms with E-state index in [0.717, 1.165) is 0 Å². The van der Waals surface area contributed by atoms with Gasteiger partial charge in [-0.3, -0.25) is 5.32 Å². The predicted molar refractivity (Wildman–Crippen MR) is 60.2 cm³/mol. The van der Waals surface area contributed by atoms with Gasteiger partial charge in [0.05, 0.1) is 18.1 Å². The molecule has 0 amide bonds. The van der Waals surface area contributed by atoms with E-state index in [2.05, 4.69) is 5.32 Å². The molecule has 6 heteroatoms. The number of nitrogens with two attached hydrogens (primary N) is 3. The van der Waals surface area contributed by atoms with Crippen molar-refractivity contribution in [2.24, 2.45) is 0 Å². The first-order valence-corrected chi connectivity index (χ1v) is 4.42. The van der Waals surface area contributed by atoms with Crippen LogP contribution in [0.2, 0.25) is 0 Å². The zero-order chi connectivity index (χ0) is 11.3. The fourth-order valence-electron chi connectivity index (χ4n) is 1.06. The highest BCUT2D eigenvalue weighted by Crippen LogP contribution is 2.30. The molecule has 15 heavy (non-hydrogen) atoms. The van der Waals surface area contributed by atoms with Crippen molar-refractivity contribution in [1.29, 1.82) is 0 Å². The maximum Gasteiger partial charge on any atom is 0.148 e. The molecule has 0 aliphatic heterocycles. The van der Waals surface area contributed by atoms with E-state index in [0.29, 0.717) is 29.5 Å². The van der Waals surface area contributed by atoms with Crippen LogP contribution in [0.15, 0.2) is 12.1 Å². The summed E-state index contributed by atoms with van der Waals surface area (Å²) in [5, 5.41) is 2.87. The van der Waals surface area contributed by atoms with E-state index in [1.807, 2.05) is 0 Å². The Hall–Kier alpha value is -1.66. The normalized spacial score (nSPS) is 10.2. The van der Waals surface area contributed by atoms with Gasteiger partial charge in [0.2, 0.25) is 0 Å². The quantitative estimate of drug-likeness (QED) is 0.310. The van der Waals surface area contributed by atoms with Crippen molar-refractivity contribution < 1.29 is 9.47 Å². The molecule has 6 nitrogen and oxygen atoms in total. The second-order valence-electron chi connectivity index (χ2n) is 2.99. The molecule has 0 heterocycles. The monoisotopic (exact) mass is 212 g/mol. The lowest BCUT2D eigenvalue weighted by Gasteiger charge is -2.11. The topological polar surface area (TPSA) is 109 Å². The number of hydrogen-bond acceptors (Lipinski definition) is 6. The maximum absolute atomic E-state index is 5.70. The minimum Gasteiger partial charge on any atom is -0.476 e. The van der Waals surface area contributed by atoms with Crippen molar-refractivity contribution in [2.45, 2.75) is 0 Å². The SMILES string of the molecule is COCNCOc1cc(N)cc(N)c1N. The Kier molecular flexibility index (Phi) is 4.02. The molecule has 0 aromatic heterocycles. The lowest BCUT2D eigenvalue weighted by Crippen LogP contribution is -2.22. The second-order valence-corrected chi connectivity index (χ2v) is 2.99. The van der Waals surface area contributed by atoms with Crippen LogP contribution >= 0.6 is 0 Å². The van der Waals surface area contributed by atoms with Crippen molar-refractivity contribution in [2.75, 3.05) is 37.8 Å². The number of anilines is 3. The van der Waals surface area contributed by atoms with Crippen LogP contribution < -0.4 is 27.3 Å². The summed E-state index contributed by atoms with van der Waals surface area (Å²) < 4.78 is 10.1. The van der Waals surface area contributed by atoms with Crippen molar-refractivity contribution in [3.63, 3.8) is 0 Å². The lowest BCUT2D eigenvalue weighted by atomic mass is 10.2. The molecule has 84 valence electrons. The molecule has 0 aliphatic carbocycles.